The van der Waals surface area contributed by atoms with Crippen molar-refractivity contribution >= 4 is 40.1 Å². The Labute approximate surface area is 152 Å². The summed E-state index contributed by atoms with van der Waals surface area (Å²) >= 11 is 1.23. The molecule has 3 aromatic rings. The summed E-state index contributed by atoms with van der Waals surface area (Å²) in [7, 11) is 1.24. The maximum absolute atomic E-state index is 12.9. The van der Waals surface area contributed by atoms with Crippen LogP contribution < -0.4 is 0 Å². The van der Waals surface area contributed by atoms with Gasteiger partial charge in [0.2, 0.25) is 5.78 Å². The van der Waals surface area contributed by atoms with Crippen LogP contribution in [0, 0.1) is 0 Å². The second kappa shape index (κ2) is 6.72. The lowest BCUT2D eigenvalue weighted by atomic mass is 10.1. The van der Waals surface area contributed by atoms with E-state index < -0.39 is 12.1 Å². The van der Waals surface area contributed by atoms with Gasteiger partial charge in [0.05, 0.1) is 29.4 Å². The molecule has 0 atom stereocenters. The summed E-state index contributed by atoms with van der Waals surface area (Å²) in [4.78, 5) is 40.5. The average Bonchev–Trinajstić information content (AvgIpc) is 3.25. The predicted molar refractivity (Wildman–Crippen MR) is 96.3 cm³/mol. The molecule has 26 heavy (non-hydrogen) atoms. The third kappa shape index (κ3) is 2.99. The number of ketones is 1. The number of ether oxygens (including phenoxy) is 1. The molecule has 0 fully saturated rings. The Bertz CT molecular complexity index is 1030. The molecule has 0 aliphatic heterocycles. The van der Waals surface area contributed by atoms with Crippen LogP contribution in [-0.2, 0) is 4.74 Å². The number of fused-ring (bicyclic) bond motifs is 1. The van der Waals surface area contributed by atoms with Gasteiger partial charge < -0.3 is 9.84 Å². The predicted octanol–water partition coefficient (Wildman–Crippen LogP) is 3.76. The van der Waals surface area contributed by atoms with Crippen molar-refractivity contribution in [1.29, 1.82) is 0 Å². The first-order chi connectivity index (χ1) is 12.3. The zero-order valence-electron chi connectivity index (χ0n) is 14.3. The Morgan fingerprint density at radius 3 is 2.58 bits per heavy atom. The molecule has 0 aliphatic carbocycles. The number of benzene rings is 1. The molecule has 1 aromatic carbocycles. The third-order valence-corrected chi connectivity index (χ3v) is 4.84. The lowest BCUT2D eigenvalue weighted by Gasteiger charge is -2.02. The second-order valence-corrected chi connectivity index (χ2v) is 6.84. The molecular formula is C18H16N2O5S. The van der Waals surface area contributed by atoms with Gasteiger partial charge in [0, 0.05) is 17.0 Å². The zero-order valence-corrected chi connectivity index (χ0v) is 15.2. The van der Waals surface area contributed by atoms with Crippen molar-refractivity contribution in [3.05, 3.63) is 51.6 Å². The Kier molecular flexibility index (Phi) is 4.60. The van der Waals surface area contributed by atoms with Crippen LogP contribution in [0.1, 0.15) is 51.2 Å². The van der Waals surface area contributed by atoms with Gasteiger partial charge in [0.15, 0.2) is 5.01 Å². The molecule has 0 saturated carbocycles. The van der Waals surface area contributed by atoms with Crippen LogP contribution in [0.4, 0.5) is 4.79 Å². The van der Waals surface area contributed by atoms with E-state index in [4.69, 9.17) is 0 Å². The van der Waals surface area contributed by atoms with E-state index in [0.29, 0.717) is 10.4 Å². The minimum atomic E-state index is -1.25. The Balaban J connectivity index is 2.15. The molecule has 7 nitrogen and oxygen atoms in total. The summed E-state index contributed by atoms with van der Waals surface area (Å²) in [6.07, 6.45) is 0.00500. The van der Waals surface area contributed by atoms with Crippen LogP contribution in [0.5, 0.6) is 0 Å². The fourth-order valence-corrected chi connectivity index (χ4v) is 3.51. The molecule has 2 aromatic heterocycles. The normalized spacial score (nSPS) is 11.1. The Morgan fingerprint density at radius 1 is 1.27 bits per heavy atom. The number of thiazole rings is 1. The second-order valence-electron chi connectivity index (χ2n) is 5.98. The minimum Gasteiger partial charge on any atom is -0.465 e. The summed E-state index contributed by atoms with van der Waals surface area (Å²) in [6, 6.07) is 4.44. The first kappa shape index (κ1) is 17.8. The molecular weight excluding hydrogens is 356 g/mol. The number of esters is 1. The number of nitrogens with zero attached hydrogens (tertiary/aromatic N) is 2. The number of hydrogen-bond acceptors (Lipinski definition) is 6. The number of aromatic nitrogens is 2. The highest BCUT2D eigenvalue weighted by Gasteiger charge is 2.23. The van der Waals surface area contributed by atoms with Crippen molar-refractivity contribution in [2.45, 2.75) is 19.8 Å². The van der Waals surface area contributed by atoms with E-state index in [-0.39, 0.29) is 28.3 Å². The zero-order chi connectivity index (χ0) is 19.0. The molecule has 0 spiro atoms. The molecule has 0 amide bonds. The standard InChI is InChI=1S/C18H16N2O5S/c1-9(2)13-8-26-16(19-13)15(21)12-7-20(18(23)24)14-6-10(17(22)25-3)4-5-11(12)14/h4-9H,1-3H3,(H,23,24). The quantitative estimate of drug-likeness (QED) is 0.553. The van der Waals surface area contributed by atoms with Crippen LogP contribution >= 0.6 is 11.3 Å². The van der Waals surface area contributed by atoms with Crippen molar-refractivity contribution in [3.63, 3.8) is 0 Å². The van der Waals surface area contributed by atoms with Crippen molar-refractivity contribution in [2.75, 3.05) is 7.11 Å². The third-order valence-electron chi connectivity index (χ3n) is 3.99. The van der Waals surface area contributed by atoms with Gasteiger partial charge >= 0.3 is 12.1 Å². The topological polar surface area (TPSA) is 98.5 Å². The summed E-state index contributed by atoms with van der Waals surface area (Å²) in [6.45, 7) is 3.96. The van der Waals surface area contributed by atoms with E-state index in [1.54, 1.807) is 6.07 Å². The van der Waals surface area contributed by atoms with Gasteiger partial charge in [-0.15, -0.1) is 11.3 Å². The number of rotatable bonds is 4. The van der Waals surface area contributed by atoms with Crippen molar-refractivity contribution in [3.8, 4) is 0 Å². The van der Waals surface area contributed by atoms with Crippen molar-refractivity contribution in [1.82, 2.24) is 9.55 Å². The fourth-order valence-electron chi connectivity index (χ4n) is 2.58. The number of carbonyl (C=O) groups excluding carboxylic acids is 2. The Hall–Kier alpha value is -3.00. The average molecular weight is 372 g/mol. The number of carbonyl (C=O) groups is 3. The van der Waals surface area contributed by atoms with Gasteiger partial charge in [-0.3, -0.25) is 9.36 Å². The molecule has 2 heterocycles. The van der Waals surface area contributed by atoms with E-state index in [2.05, 4.69) is 9.72 Å². The van der Waals surface area contributed by atoms with Crippen molar-refractivity contribution in [2.24, 2.45) is 0 Å². The molecule has 0 bridgehead atoms. The minimum absolute atomic E-state index is 0.191. The van der Waals surface area contributed by atoms with Crippen LogP contribution in [0.2, 0.25) is 0 Å². The highest BCUT2D eigenvalue weighted by Crippen LogP contribution is 2.27. The van der Waals surface area contributed by atoms with Gasteiger partial charge in [0.25, 0.3) is 0 Å². The van der Waals surface area contributed by atoms with Crippen molar-refractivity contribution < 1.29 is 24.2 Å². The maximum Gasteiger partial charge on any atom is 0.416 e. The van der Waals surface area contributed by atoms with Gasteiger partial charge in [-0.25, -0.2) is 14.6 Å². The van der Waals surface area contributed by atoms with Gasteiger partial charge in [-0.2, -0.15) is 0 Å². The lowest BCUT2D eigenvalue weighted by molar-refractivity contribution is 0.0600. The van der Waals surface area contributed by atoms with Gasteiger partial charge in [0.1, 0.15) is 0 Å². The molecule has 134 valence electrons. The van der Waals surface area contributed by atoms with Gasteiger partial charge in [-0.05, 0) is 18.1 Å². The number of hydrogen-bond donors (Lipinski definition) is 1. The monoisotopic (exact) mass is 372 g/mol. The molecule has 0 unspecified atom stereocenters. The summed E-state index contributed by atoms with van der Waals surface area (Å²) in [5, 5.41) is 12.0. The van der Waals surface area contributed by atoms with Crippen LogP contribution in [0.15, 0.2) is 29.8 Å². The molecule has 1 N–H and O–H groups in total. The van der Waals surface area contributed by atoms with E-state index in [0.717, 1.165) is 10.3 Å². The SMILES string of the molecule is COC(=O)c1ccc2c(C(=O)c3nc(C(C)C)cs3)cn(C(=O)O)c2c1. The smallest absolute Gasteiger partial charge is 0.416 e. The number of methoxy groups -OCH3 is 1. The summed E-state index contributed by atoms with van der Waals surface area (Å²) < 4.78 is 5.59. The van der Waals surface area contributed by atoms with Crippen LogP contribution in [0.3, 0.4) is 0 Å². The highest BCUT2D eigenvalue weighted by molar-refractivity contribution is 7.12. The van der Waals surface area contributed by atoms with Crippen LogP contribution in [-0.4, -0.2) is 39.6 Å². The first-order valence-corrected chi connectivity index (χ1v) is 8.68. The molecule has 0 aliphatic rings. The fraction of sp³-hybridized carbons (Fsp3) is 0.222. The first-order valence-electron chi connectivity index (χ1n) is 7.80. The van der Waals surface area contributed by atoms with Gasteiger partial charge in [-0.1, -0.05) is 19.9 Å². The lowest BCUT2D eigenvalue weighted by Crippen LogP contribution is -2.07. The van der Waals surface area contributed by atoms with E-state index in [1.165, 1.54) is 36.8 Å². The molecule has 3 rings (SSSR count). The van der Waals surface area contributed by atoms with Crippen LogP contribution in [0.25, 0.3) is 10.9 Å². The maximum atomic E-state index is 12.9. The van der Waals surface area contributed by atoms with E-state index >= 15 is 0 Å². The number of carboxylic acid groups (broad SMARTS) is 1. The van der Waals surface area contributed by atoms with E-state index in [1.807, 2.05) is 19.2 Å². The summed E-state index contributed by atoms with van der Waals surface area (Å²) in [5.41, 5.74) is 1.48. The summed E-state index contributed by atoms with van der Waals surface area (Å²) in [5.74, 6) is -0.743. The molecule has 0 saturated heterocycles. The largest absolute Gasteiger partial charge is 0.465 e. The highest BCUT2D eigenvalue weighted by atomic mass is 32.1. The Morgan fingerprint density at radius 2 is 2.00 bits per heavy atom. The molecule has 0 radical (unpaired) electrons. The van der Waals surface area contributed by atoms with E-state index in [9.17, 15) is 19.5 Å². The molecule has 8 heteroatoms.